The van der Waals surface area contributed by atoms with Gasteiger partial charge < -0.3 is 10.0 Å². The molecule has 1 N–H and O–H groups in total. The van der Waals surface area contributed by atoms with Crippen molar-refractivity contribution in [2.75, 3.05) is 11.4 Å². The molecule has 2 heterocycles. The molecule has 0 unspecified atom stereocenters. The largest absolute Gasteiger partial charge is 0.392 e. The molecule has 0 fully saturated rings. The third kappa shape index (κ3) is 2.23. The minimum absolute atomic E-state index is 0.0242. The molecule has 19 heavy (non-hydrogen) atoms. The molecule has 1 aliphatic rings. The lowest BCUT2D eigenvalue weighted by Crippen LogP contribution is -2.30. The number of nitriles is 1. The van der Waals surface area contributed by atoms with Crippen molar-refractivity contribution in [3.63, 3.8) is 0 Å². The van der Waals surface area contributed by atoms with Crippen LogP contribution in [0.5, 0.6) is 0 Å². The molecule has 0 atom stereocenters. The molecule has 1 aromatic heterocycles. The van der Waals surface area contributed by atoms with Crippen LogP contribution in [0.4, 0.5) is 5.69 Å². The molecule has 4 heteroatoms. The second-order valence-electron chi connectivity index (χ2n) is 4.66. The second-order valence-corrected chi connectivity index (χ2v) is 5.66. The number of hydrogen-bond acceptors (Lipinski definition) is 4. The highest BCUT2D eigenvalue weighted by atomic mass is 32.1. The van der Waals surface area contributed by atoms with Crippen LogP contribution in [0.15, 0.2) is 29.6 Å². The number of benzene rings is 1. The quantitative estimate of drug-likeness (QED) is 0.912. The number of hydrogen-bond donors (Lipinski definition) is 1. The first-order chi connectivity index (χ1) is 9.31. The smallest absolute Gasteiger partial charge is 0.101 e. The lowest BCUT2D eigenvalue weighted by atomic mass is 10.0. The first kappa shape index (κ1) is 12.2. The lowest BCUT2D eigenvalue weighted by Gasteiger charge is -2.29. The van der Waals surface area contributed by atoms with Crippen LogP contribution >= 0.6 is 11.3 Å². The first-order valence-electron chi connectivity index (χ1n) is 6.26. The van der Waals surface area contributed by atoms with Gasteiger partial charge in [0.25, 0.3) is 0 Å². The standard InChI is InChI=1S/C15H14N2OS/c16-8-13-7-11(10-18)1-2-14(13)17-5-3-15-12(9-17)4-6-19-15/h1-2,4,6-7,18H,3,5,9-10H2. The van der Waals surface area contributed by atoms with E-state index < -0.39 is 0 Å². The minimum Gasteiger partial charge on any atom is -0.392 e. The SMILES string of the molecule is N#Cc1cc(CO)ccc1N1CCc2sccc2C1. The molecular formula is C15H14N2OS. The van der Waals surface area contributed by atoms with Gasteiger partial charge >= 0.3 is 0 Å². The van der Waals surface area contributed by atoms with E-state index in [0.29, 0.717) is 5.56 Å². The monoisotopic (exact) mass is 270 g/mol. The maximum atomic E-state index is 9.27. The average molecular weight is 270 g/mol. The van der Waals surface area contributed by atoms with Crippen LogP contribution in [-0.2, 0) is 19.6 Å². The van der Waals surface area contributed by atoms with Crippen LogP contribution in [0, 0.1) is 11.3 Å². The summed E-state index contributed by atoms with van der Waals surface area (Å²) in [5.41, 5.74) is 3.77. The molecule has 0 saturated heterocycles. The number of fused-ring (bicyclic) bond motifs is 1. The lowest BCUT2D eigenvalue weighted by molar-refractivity contribution is 0.282. The van der Waals surface area contributed by atoms with Crippen molar-refractivity contribution in [1.29, 1.82) is 5.26 Å². The highest BCUT2D eigenvalue weighted by molar-refractivity contribution is 7.10. The van der Waals surface area contributed by atoms with Gasteiger partial charge in [-0.15, -0.1) is 11.3 Å². The Balaban J connectivity index is 1.94. The zero-order chi connectivity index (χ0) is 13.2. The van der Waals surface area contributed by atoms with Crippen molar-refractivity contribution in [1.82, 2.24) is 0 Å². The van der Waals surface area contributed by atoms with Gasteiger partial charge in [0.1, 0.15) is 6.07 Å². The molecule has 1 aliphatic heterocycles. The summed E-state index contributed by atoms with van der Waals surface area (Å²) in [6.07, 6.45) is 1.04. The third-order valence-electron chi connectivity index (χ3n) is 3.51. The van der Waals surface area contributed by atoms with Crippen LogP contribution in [0.25, 0.3) is 0 Å². The van der Waals surface area contributed by atoms with Gasteiger partial charge in [-0.3, -0.25) is 0 Å². The van der Waals surface area contributed by atoms with Gasteiger partial charge in [-0.1, -0.05) is 6.07 Å². The number of rotatable bonds is 2. The number of thiophene rings is 1. The zero-order valence-corrected chi connectivity index (χ0v) is 11.3. The Bertz CT molecular complexity index is 642. The topological polar surface area (TPSA) is 47.3 Å². The number of nitrogens with zero attached hydrogens (tertiary/aromatic N) is 2. The maximum Gasteiger partial charge on any atom is 0.101 e. The van der Waals surface area contributed by atoms with Crippen molar-refractivity contribution in [2.24, 2.45) is 0 Å². The molecule has 0 radical (unpaired) electrons. The summed E-state index contributed by atoms with van der Waals surface area (Å²) in [5, 5.41) is 20.5. The summed E-state index contributed by atoms with van der Waals surface area (Å²) in [5.74, 6) is 0. The Morgan fingerprint density at radius 2 is 2.26 bits per heavy atom. The second kappa shape index (κ2) is 5.04. The van der Waals surface area contributed by atoms with Gasteiger partial charge in [-0.05, 0) is 41.1 Å². The van der Waals surface area contributed by atoms with Crippen molar-refractivity contribution in [3.05, 3.63) is 51.2 Å². The number of aliphatic hydroxyl groups is 1. The highest BCUT2D eigenvalue weighted by Gasteiger charge is 2.19. The van der Waals surface area contributed by atoms with Crippen molar-refractivity contribution in [2.45, 2.75) is 19.6 Å². The summed E-state index contributed by atoms with van der Waals surface area (Å²) in [6, 6.07) is 10.0. The van der Waals surface area contributed by atoms with Crippen LogP contribution in [0.3, 0.4) is 0 Å². The van der Waals surface area contributed by atoms with E-state index >= 15 is 0 Å². The Hall–Kier alpha value is -1.83. The molecule has 96 valence electrons. The molecule has 0 spiro atoms. The van der Waals surface area contributed by atoms with Crippen LogP contribution in [0.1, 0.15) is 21.6 Å². The van der Waals surface area contributed by atoms with E-state index in [1.54, 1.807) is 6.07 Å². The molecule has 0 saturated carbocycles. The molecule has 1 aromatic carbocycles. The summed E-state index contributed by atoms with van der Waals surface area (Å²) >= 11 is 1.81. The maximum absolute atomic E-state index is 9.27. The van der Waals surface area contributed by atoms with Crippen LogP contribution < -0.4 is 4.90 Å². The van der Waals surface area contributed by atoms with E-state index in [9.17, 15) is 5.26 Å². The fourth-order valence-electron chi connectivity index (χ4n) is 2.50. The summed E-state index contributed by atoms with van der Waals surface area (Å²) in [4.78, 5) is 3.70. The van der Waals surface area contributed by atoms with Gasteiger partial charge in [0, 0.05) is 18.0 Å². The molecule has 0 aliphatic carbocycles. The summed E-state index contributed by atoms with van der Waals surface area (Å²) in [7, 11) is 0. The fraction of sp³-hybridized carbons (Fsp3) is 0.267. The fourth-order valence-corrected chi connectivity index (χ4v) is 3.39. The Labute approximate surface area is 116 Å². The van der Waals surface area contributed by atoms with E-state index in [0.717, 1.165) is 30.8 Å². The summed E-state index contributed by atoms with van der Waals surface area (Å²) in [6.45, 7) is 1.79. The molecule has 0 bridgehead atoms. The van der Waals surface area contributed by atoms with Gasteiger partial charge in [0.2, 0.25) is 0 Å². The van der Waals surface area contributed by atoms with Gasteiger partial charge in [-0.25, -0.2) is 0 Å². The van der Waals surface area contributed by atoms with E-state index in [-0.39, 0.29) is 6.61 Å². The molecule has 2 aromatic rings. The van der Waals surface area contributed by atoms with Crippen molar-refractivity contribution >= 4 is 17.0 Å². The number of aliphatic hydroxyl groups excluding tert-OH is 1. The third-order valence-corrected chi connectivity index (χ3v) is 4.54. The Morgan fingerprint density at radius 3 is 3.05 bits per heavy atom. The van der Waals surface area contributed by atoms with Gasteiger partial charge in [0.15, 0.2) is 0 Å². The predicted molar refractivity (Wildman–Crippen MR) is 76.2 cm³/mol. The Kier molecular flexibility index (Phi) is 3.24. The van der Waals surface area contributed by atoms with Crippen molar-refractivity contribution < 1.29 is 5.11 Å². The molecule has 3 nitrogen and oxygen atoms in total. The number of anilines is 1. The van der Waals surface area contributed by atoms with E-state index in [2.05, 4.69) is 22.4 Å². The Morgan fingerprint density at radius 1 is 1.37 bits per heavy atom. The van der Waals surface area contributed by atoms with E-state index in [4.69, 9.17) is 5.11 Å². The molecule has 0 amide bonds. The van der Waals surface area contributed by atoms with E-state index in [1.165, 1.54) is 10.4 Å². The average Bonchev–Trinajstić information content (AvgIpc) is 2.93. The van der Waals surface area contributed by atoms with Crippen LogP contribution in [-0.4, -0.2) is 11.7 Å². The van der Waals surface area contributed by atoms with Gasteiger partial charge in [-0.2, -0.15) is 5.26 Å². The summed E-state index contributed by atoms with van der Waals surface area (Å²) < 4.78 is 0. The van der Waals surface area contributed by atoms with Crippen LogP contribution in [0.2, 0.25) is 0 Å². The normalized spacial score (nSPS) is 14.0. The first-order valence-corrected chi connectivity index (χ1v) is 7.14. The van der Waals surface area contributed by atoms with Gasteiger partial charge in [0.05, 0.1) is 17.9 Å². The predicted octanol–water partition coefficient (Wildman–Crippen LogP) is 2.67. The molecule has 3 rings (SSSR count). The minimum atomic E-state index is -0.0242. The molecular weight excluding hydrogens is 256 g/mol. The van der Waals surface area contributed by atoms with Crippen molar-refractivity contribution in [3.8, 4) is 6.07 Å². The highest BCUT2D eigenvalue weighted by Crippen LogP contribution is 2.30. The van der Waals surface area contributed by atoms with E-state index in [1.807, 2.05) is 23.5 Å². The zero-order valence-electron chi connectivity index (χ0n) is 10.5.